The largest absolute Gasteiger partial charge is 0.379 e. The molecule has 17 heavy (non-hydrogen) atoms. The van der Waals surface area contributed by atoms with Crippen molar-refractivity contribution in [1.29, 1.82) is 5.26 Å². The van der Waals surface area contributed by atoms with E-state index < -0.39 is 0 Å². The van der Waals surface area contributed by atoms with Crippen LogP contribution < -0.4 is 0 Å². The molecule has 86 valence electrons. The topological polar surface area (TPSA) is 38.0 Å². The summed E-state index contributed by atoms with van der Waals surface area (Å²) in [5.41, 5.74) is 1.89. The lowest BCUT2D eigenvalue weighted by atomic mass is 10.1. The molecule has 0 spiro atoms. The molecule has 2 heterocycles. The maximum absolute atomic E-state index is 9.07. The first-order valence-electron chi connectivity index (χ1n) is 5.97. The van der Waals surface area contributed by atoms with Gasteiger partial charge in [0.1, 0.15) is 0 Å². The van der Waals surface area contributed by atoms with Crippen molar-refractivity contribution in [1.82, 2.24) is 4.57 Å². The van der Waals surface area contributed by atoms with Crippen molar-refractivity contribution in [2.24, 2.45) is 0 Å². The van der Waals surface area contributed by atoms with Crippen LogP contribution in [0.25, 0.3) is 10.9 Å². The molecule has 1 aromatic carbocycles. The predicted octanol–water partition coefficient (Wildman–Crippen LogP) is 2.86. The number of hydrogen-bond acceptors (Lipinski definition) is 2. The highest BCUT2D eigenvalue weighted by Gasteiger charge is 2.17. The predicted molar refractivity (Wildman–Crippen MR) is 65.7 cm³/mol. The van der Waals surface area contributed by atoms with Crippen LogP contribution in [-0.4, -0.2) is 17.8 Å². The Morgan fingerprint density at radius 2 is 2.29 bits per heavy atom. The summed E-state index contributed by atoms with van der Waals surface area (Å²) in [5, 5.41) is 10.1. The van der Waals surface area contributed by atoms with Gasteiger partial charge in [0.25, 0.3) is 0 Å². The molecule has 3 rings (SSSR count). The van der Waals surface area contributed by atoms with Gasteiger partial charge in [0, 0.05) is 23.7 Å². The van der Waals surface area contributed by atoms with Crippen LogP contribution in [0.2, 0.25) is 0 Å². The Labute approximate surface area is 100 Å². The summed E-state index contributed by atoms with van der Waals surface area (Å²) in [6, 6.07) is 10.6. The second-order valence-corrected chi connectivity index (χ2v) is 4.44. The smallest absolute Gasteiger partial charge is 0.0998 e. The van der Waals surface area contributed by atoms with E-state index in [1.54, 1.807) is 0 Å². The van der Waals surface area contributed by atoms with Crippen molar-refractivity contribution in [3.8, 4) is 6.07 Å². The van der Waals surface area contributed by atoms with Crippen molar-refractivity contribution in [3.05, 3.63) is 36.0 Å². The van der Waals surface area contributed by atoms with E-state index in [0.29, 0.717) is 6.04 Å². The minimum absolute atomic E-state index is 0.412. The first-order chi connectivity index (χ1) is 8.40. The van der Waals surface area contributed by atoms with Crippen molar-refractivity contribution >= 4 is 10.9 Å². The van der Waals surface area contributed by atoms with Gasteiger partial charge < -0.3 is 9.30 Å². The van der Waals surface area contributed by atoms with Gasteiger partial charge in [-0.15, -0.1) is 0 Å². The summed E-state index contributed by atoms with van der Waals surface area (Å²) in [5.74, 6) is 0. The maximum atomic E-state index is 9.07. The molecule has 1 aliphatic heterocycles. The highest BCUT2D eigenvalue weighted by molar-refractivity contribution is 5.86. The van der Waals surface area contributed by atoms with E-state index in [-0.39, 0.29) is 0 Å². The van der Waals surface area contributed by atoms with Crippen LogP contribution in [0.4, 0.5) is 0 Å². The van der Waals surface area contributed by atoms with Crippen molar-refractivity contribution in [3.63, 3.8) is 0 Å². The van der Waals surface area contributed by atoms with E-state index in [2.05, 4.69) is 22.9 Å². The highest BCUT2D eigenvalue weighted by Crippen LogP contribution is 2.27. The van der Waals surface area contributed by atoms with Crippen LogP contribution in [-0.2, 0) is 4.74 Å². The lowest BCUT2D eigenvalue weighted by molar-refractivity contribution is 0.0606. The van der Waals surface area contributed by atoms with Crippen LogP contribution in [0, 0.1) is 11.3 Å². The standard InChI is InChI=1S/C14H14N2O/c15-9-11-3-1-5-14-13(11)6-7-16(14)12-4-2-8-17-10-12/h1,3,5-7,12H,2,4,8,10H2. The van der Waals surface area contributed by atoms with Gasteiger partial charge in [-0.25, -0.2) is 0 Å². The average molecular weight is 226 g/mol. The summed E-state index contributed by atoms with van der Waals surface area (Å²) in [6.07, 6.45) is 4.34. The molecule has 1 atom stereocenters. The van der Waals surface area contributed by atoms with Crippen molar-refractivity contribution in [2.75, 3.05) is 13.2 Å². The third kappa shape index (κ3) is 1.71. The molecule has 1 unspecified atom stereocenters. The van der Waals surface area contributed by atoms with Crippen LogP contribution in [0.5, 0.6) is 0 Å². The number of nitrogens with zero attached hydrogens (tertiary/aromatic N) is 2. The lowest BCUT2D eigenvalue weighted by Crippen LogP contribution is -2.20. The van der Waals surface area contributed by atoms with E-state index in [1.807, 2.05) is 18.2 Å². The molecule has 0 radical (unpaired) electrons. The van der Waals surface area contributed by atoms with E-state index in [9.17, 15) is 0 Å². The Morgan fingerprint density at radius 3 is 3.06 bits per heavy atom. The first kappa shape index (κ1) is 10.4. The normalized spacial score (nSPS) is 20.3. The summed E-state index contributed by atoms with van der Waals surface area (Å²) in [6.45, 7) is 1.65. The highest BCUT2D eigenvalue weighted by atomic mass is 16.5. The van der Waals surface area contributed by atoms with Crippen molar-refractivity contribution in [2.45, 2.75) is 18.9 Å². The molecule has 0 amide bonds. The number of benzene rings is 1. The fourth-order valence-electron chi connectivity index (χ4n) is 2.55. The summed E-state index contributed by atoms with van der Waals surface area (Å²) < 4.78 is 7.77. The molecule has 3 heteroatoms. The minimum atomic E-state index is 0.412. The monoisotopic (exact) mass is 226 g/mol. The zero-order valence-electron chi connectivity index (χ0n) is 9.60. The summed E-state index contributed by atoms with van der Waals surface area (Å²) >= 11 is 0. The maximum Gasteiger partial charge on any atom is 0.0998 e. The molecule has 3 nitrogen and oxygen atoms in total. The average Bonchev–Trinajstić information content (AvgIpc) is 2.83. The number of nitriles is 1. The van der Waals surface area contributed by atoms with Crippen molar-refractivity contribution < 1.29 is 4.74 Å². The van der Waals surface area contributed by atoms with Gasteiger partial charge in [0.05, 0.1) is 24.3 Å². The van der Waals surface area contributed by atoms with E-state index >= 15 is 0 Å². The van der Waals surface area contributed by atoms with Gasteiger partial charge >= 0.3 is 0 Å². The SMILES string of the molecule is N#Cc1cccc2c1ccn2C1CCCOC1. The molecular weight excluding hydrogens is 212 g/mol. The quantitative estimate of drug-likeness (QED) is 0.749. The van der Waals surface area contributed by atoms with Gasteiger partial charge in [-0.1, -0.05) is 6.07 Å². The molecule has 0 bridgehead atoms. The zero-order chi connectivity index (χ0) is 11.7. The minimum Gasteiger partial charge on any atom is -0.379 e. The second-order valence-electron chi connectivity index (χ2n) is 4.44. The van der Waals surface area contributed by atoms with Crippen LogP contribution in [0.15, 0.2) is 30.5 Å². The molecule has 2 aromatic rings. The molecule has 1 aliphatic rings. The Bertz CT molecular complexity index is 573. The Morgan fingerprint density at radius 1 is 1.35 bits per heavy atom. The molecule has 1 aromatic heterocycles. The van der Waals surface area contributed by atoms with Gasteiger partial charge in [0.2, 0.25) is 0 Å². The van der Waals surface area contributed by atoms with Crippen LogP contribution >= 0.6 is 0 Å². The summed E-state index contributed by atoms with van der Waals surface area (Å²) in [7, 11) is 0. The second kappa shape index (κ2) is 4.23. The van der Waals surface area contributed by atoms with E-state index in [1.165, 1.54) is 0 Å². The number of aromatic nitrogens is 1. The van der Waals surface area contributed by atoms with Gasteiger partial charge in [-0.05, 0) is 31.0 Å². The van der Waals surface area contributed by atoms with Gasteiger partial charge in [-0.3, -0.25) is 0 Å². The Hall–Kier alpha value is -1.79. The molecule has 1 saturated heterocycles. The number of fused-ring (bicyclic) bond motifs is 1. The number of hydrogen-bond donors (Lipinski definition) is 0. The molecule has 0 saturated carbocycles. The number of ether oxygens (including phenoxy) is 1. The molecule has 0 aliphatic carbocycles. The summed E-state index contributed by atoms with van der Waals surface area (Å²) in [4.78, 5) is 0. The Kier molecular flexibility index (Phi) is 2.58. The third-order valence-electron chi connectivity index (χ3n) is 3.41. The molecule has 0 N–H and O–H groups in total. The third-order valence-corrected chi connectivity index (χ3v) is 3.41. The molecular formula is C14H14N2O. The lowest BCUT2D eigenvalue weighted by Gasteiger charge is -2.24. The van der Waals surface area contributed by atoms with Crippen LogP contribution in [0.3, 0.4) is 0 Å². The fraction of sp³-hybridized carbons (Fsp3) is 0.357. The molecule has 1 fully saturated rings. The zero-order valence-corrected chi connectivity index (χ0v) is 9.60. The number of rotatable bonds is 1. The van der Waals surface area contributed by atoms with Gasteiger partial charge in [0.15, 0.2) is 0 Å². The Balaban J connectivity index is 2.09. The van der Waals surface area contributed by atoms with E-state index in [4.69, 9.17) is 10.00 Å². The van der Waals surface area contributed by atoms with E-state index in [0.717, 1.165) is 42.5 Å². The fourth-order valence-corrected chi connectivity index (χ4v) is 2.55. The first-order valence-corrected chi connectivity index (χ1v) is 5.97. The van der Waals surface area contributed by atoms with Gasteiger partial charge in [-0.2, -0.15) is 5.26 Å². The van der Waals surface area contributed by atoms with Crippen LogP contribution in [0.1, 0.15) is 24.4 Å².